The number of methoxy groups -OCH3 is 1. The van der Waals surface area contributed by atoms with Crippen LogP contribution < -0.4 is 10.5 Å². The average molecular weight is 261 g/mol. The Balaban J connectivity index is 2.26. The Labute approximate surface area is 111 Å². The van der Waals surface area contributed by atoms with Crippen molar-refractivity contribution >= 4 is 0 Å². The number of ether oxygens (including phenoxy) is 1. The molecule has 0 atom stereocenters. The summed E-state index contributed by atoms with van der Waals surface area (Å²) in [6.07, 6.45) is 1.13. The van der Waals surface area contributed by atoms with Crippen LogP contribution in [0.5, 0.6) is 5.88 Å². The average Bonchev–Trinajstić information content (AvgIpc) is 2.39. The summed E-state index contributed by atoms with van der Waals surface area (Å²) in [5.74, 6) is 0.902. The van der Waals surface area contributed by atoms with Gasteiger partial charge in [0.1, 0.15) is 11.6 Å². The molecule has 1 aromatic carbocycles. The maximum Gasteiger partial charge on any atom is 0.216 e. The van der Waals surface area contributed by atoms with Crippen LogP contribution in [0.2, 0.25) is 0 Å². The van der Waals surface area contributed by atoms with Gasteiger partial charge in [-0.05, 0) is 24.2 Å². The lowest BCUT2D eigenvalue weighted by molar-refractivity contribution is 0.394. The van der Waals surface area contributed by atoms with Gasteiger partial charge in [-0.3, -0.25) is 0 Å². The molecule has 4 nitrogen and oxygen atoms in total. The molecule has 2 N–H and O–H groups in total. The van der Waals surface area contributed by atoms with Crippen molar-refractivity contribution in [1.82, 2.24) is 9.97 Å². The summed E-state index contributed by atoms with van der Waals surface area (Å²) < 4.78 is 18.3. The molecule has 0 aliphatic carbocycles. The van der Waals surface area contributed by atoms with Crippen molar-refractivity contribution in [2.75, 3.05) is 13.7 Å². The fourth-order valence-electron chi connectivity index (χ4n) is 1.82. The number of hydrogen-bond acceptors (Lipinski definition) is 4. The van der Waals surface area contributed by atoms with E-state index in [2.05, 4.69) is 9.97 Å². The van der Waals surface area contributed by atoms with Crippen molar-refractivity contribution < 1.29 is 9.13 Å². The standard InChI is InChI=1S/C14H16FN3O/c1-19-14-9-12(17-13(18-14)5-6-16)8-10-3-2-4-11(15)7-10/h2-4,7,9H,5-6,8,16H2,1H3. The smallest absolute Gasteiger partial charge is 0.216 e. The maximum atomic E-state index is 13.1. The summed E-state index contributed by atoms with van der Waals surface area (Å²) in [7, 11) is 1.56. The lowest BCUT2D eigenvalue weighted by Gasteiger charge is -2.07. The zero-order valence-electron chi connectivity index (χ0n) is 10.8. The minimum absolute atomic E-state index is 0.249. The van der Waals surface area contributed by atoms with Crippen LogP contribution in [0.4, 0.5) is 4.39 Å². The highest BCUT2D eigenvalue weighted by Crippen LogP contribution is 2.14. The van der Waals surface area contributed by atoms with E-state index in [0.717, 1.165) is 11.3 Å². The van der Waals surface area contributed by atoms with E-state index >= 15 is 0 Å². The van der Waals surface area contributed by atoms with Crippen molar-refractivity contribution in [3.63, 3.8) is 0 Å². The van der Waals surface area contributed by atoms with Gasteiger partial charge in [0, 0.05) is 18.9 Å². The van der Waals surface area contributed by atoms with Crippen molar-refractivity contribution in [3.05, 3.63) is 53.2 Å². The molecule has 0 unspecified atom stereocenters. The predicted octanol–water partition coefficient (Wildman–Crippen LogP) is 1.72. The van der Waals surface area contributed by atoms with Crippen LogP contribution in [-0.4, -0.2) is 23.6 Å². The highest BCUT2D eigenvalue weighted by Gasteiger charge is 2.06. The Kier molecular flexibility index (Phi) is 4.41. The fraction of sp³-hybridized carbons (Fsp3) is 0.286. The van der Waals surface area contributed by atoms with Crippen LogP contribution in [0.25, 0.3) is 0 Å². The lowest BCUT2D eigenvalue weighted by atomic mass is 10.1. The highest BCUT2D eigenvalue weighted by molar-refractivity contribution is 5.25. The van der Waals surface area contributed by atoms with E-state index in [1.807, 2.05) is 6.07 Å². The number of nitrogens with zero attached hydrogens (tertiary/aromatic N) is 2. The molecule has 1 heterocycles. The quantitative estimate of drug-likeness (QED) is 0.890. The van der Waals surface area contributed by atoms with Gasteiger partial charge < -0.3 is 10.5 Å². The first kappa shape index (κ1) is 13.4. The van der Waals surface area contributed by atoms with E-state index in [4.69, 9.17) is 10.5 Å². The topological polar surface area (TPSA) is 61.0 Å². The molecule has 5 heteroatoms. The summed E-state index contributed by atoms with van der Waals surface area (Å²) in [6.45, 7) is 0.479. The highest BCUT2D eigenvalue weighted by atomic mass is 19.1. The first-order valence-corrected chi connectivity index (χ1v) is 6.06. The minimum atomic E-state index is -0.249. The van der Waals surface area contributed by atoms with Crippen LogP contribution in [0.3, 0.4) is 0 Å². The molecule has 0 saturated carbocycles. The Morgan fingerprint density at radius 1 is 1.26 bits per heavy atom. The van der Waals surface area contributed by atoms with Crippen LogP contribution >= 0.6 is 0 Å². The third-order valence-electron chi connectivity index (χ3n) is 2.65. The molecule has 0 fully saturated rings. The summed E-state index contributed by atoms with van der Waals surface area (Å²) in [6, 6.07) is 8.22. The third kappa shape index (κ3) is 3.72. The lowest BCUT2D eigenvalue weighted by Crippen LogP contribution is -2.09. The van der Waals surface area contributed by atoms with Gasteiger partial charge >= 0.3 is 0 Å². The van der Waals surface area contributed by atoms with Gasteiger partial charge in [-0.25, -0.2) is 9.37 Å². The molecule has 0 bridgehead atoms. The van der Waals surface area contributed by atoms with Crippen molar-refractivity contribution in [2.45, 2.75) is 12.8 Å². The van der Waals surface area contributed by atoms with Gasteiger partial charge in [0.15, 0.2) is 0 Å². The Morgan fingerprint density at radius 3 is 2.79 bits per heavy atom. The first-order chi connectivity index (χ1) is 9.21. The van der Waals surface area contributed by atoms with E-state index in [1.54, 1.807) is 19.2 Å². The number of halogens is 1. The molecule has 0 aliphatic heterocycles. The zero-order valence-corrected chi connectivity index (χ0v) is 10.8. The molecule has 100 valence electrons. The molecule has 2 rings (SSSR count). The number of hydrogen-bond donors (Lipinski definition) is 1. The van der Waals surface area contributed by atoms with Crippen molar-refractivity contribution in [3.8, 4) is 5.88 Å². The van der Waals surface area contributed by atoms with Gasteiger partial charge in [0.25, 0.3) is 0 Å². The monoisotopic (exact) mass is 261 g/mol. The minimum Gasteiger partial charge on any atom is -0.481 e. The van der Waals surface area contributed by atoms with E-state index < -0.39 is 0 Å². The first-order valence-electron chi connectivity index (χ1n) is 6.06. The second-order valence-corrected chi connectivity index (χ2v) is 4.16. The summed E-state index contributed by atoms with van der Waals surface area (Å²) in [5.41, 5.74) is 7.16. The summed E-state index contributed by atoms with van der Waals surface area (Å²) in [5, 5.41) is 0. The molecular formula is C14H16FN3O. The van der Waals surface area contributed by atoms with Gasteiger partial charge in [-0.15, -0.1) is 0 Å². The zero-order chi connectivity index (χ0) is 13.7. The Morgan fingerprint density at radius 2 is 2.11 bits per heavy atom. The summed E-state index contributed by atoms with van der Waals surface area (Å²) in [4.78, 5) is 8.62. The van der Waals surface area contributed by atoms with Gasteiger partial charge in [-0.2, -0.15) is 4.98 Å². The Hall–Kier alpha value is -2.01. The van der Waals surface area contributed by atoms with E-state index in [-0.39, 0.29) is 5.82 Å². The maximum absolute atomic E-state index is 13.1. The molecule has 0 spiro atoms. The van der Waals surface area contributed by atoms with Crippen molar-refractivity contribution in [1.29, 1.82) is 0 Å². The predicted molar refractivity (Wildman–Crippen MR) is 70.5 cm³/mol. The van der Waals surface area contributed by atoms with Crippen molar-refractivity contribution in [2.24, 2.45) is 5.73 Å². The van der Waals surface area contributed by atoms with Gasteiger partial charge in [0.2, 0.25) is 5.88 Å². The van der Waals surface area contributed by atoms with Crippen LogP contribution in [0.15, 0.2) is 30.3 Å². The molecule has 2 aromatic rings. The number of nitrogens with two attached hydrogens (primary N) is 1. The second kappa shape index (κ2) is 6.24. The SMILES string of the molecule is COc1cc(Cc2cccc(F)c2)nc(CCN)n1. The van der Waals surface area contributed by atoms with E-state index in [1.165, 1.54) is 12.1 Å². The number of rotatable bonds is 5. The summed E-state index contributed by atoms with van der Waals surface area (Å²) >= 11 is 0. The van der Waals surface area contributed by atoms with Crippen LogP contribution in [0.1, 0.15) is 17.1 Å². The number of benzene rings is 1. The Bertz CT molecular complexity index is 560. The molecule has 1 aromatic heterocycles. The van der Waals surface area contributed by atoms with E-state index in [0.29, 0.717) is 31.1 Å². The second-order valence-electron chi connectivity index (χ2n) is 4.16. The van der Waals surface area contributed by atoms with Crippen LogP contribution in [0, 0.1) is 5.82 Å². The molecule has 0 radical (unpaired) electrons. The molecule has 0 amide bonds. The van der Waals surface area contributed by atoms with E-state index in [9.17, 15) is 4.39 Å². The van der Waals surface area contributed by atoms with Gasteiger partial charge in [-0.1, -0.05) is 12.1 Å². The van der Waals surface area contributed by atoms with Crippen LogP contribution in [-0.2, 0) is 12.8 Å². The normalized spacial score (nSPS) is 10.5. The largest absolute Gasteiger partial charge is 0.481 e. The third-order valence-corrected chi connectivity index (χ3v) is 2.65. The fourth-order valence-corrected chi connectivity index (χ4v) is 1.82. The molecule has 0 aliphatic rings. The molecule has 0 saturated heterocycles. The molecular weight excluding hydrogens is 245 g/mol. The van der Waals surface area contributed by atoms with Gasteiger partial charge in [0.05, 0.1) is 12.8 Å². The number of aromatic nitrogens is 2. The molecule has 19 heavy (non-hydrogen) atoms.